The molecule has 0 bridgehead atoms. The van der Waals surface area contributed by atoms with E-state index in [1.54, 1.807) is 17.0 Å². The molecule has 0 unspecified atom stereocenters. The highest BCUT2D eigenvalue weighted by Crippen LogP contribution is 2.19. The second kappa shape index (κ2) is 6.32. The average molecular weight is 359 g/mol. The second-order valence-electron chi connectivity index (χ2n) is 5.21. The van der Waals surface area contributed by atoms with Gasteiger partial charge in [-0.05, 0) is 41.8 Å². The van der Waals surface area contributed by atoms with Crippen molar-refractivity contribution < 1.29 is 9.59 Å². The van der Waals surface area contributed by atoms with E-state index >= 15 is 0 Å². The monoisotopic (exact) mass is 358 g/mol. The van der Waals surface area contributed by atoms with Crippen LogP contribution in [0.15, 0.2) is 53.0 Å². The third-order valence-electron chi connectivity index (χ3n) is 3.71. The van der Waals surface area contributed by atoms with Gasteiger partial charge in [0.15, 0.2) is 0 Å². The Kier molecular flexibility index (Phi) is 4.24. The molecular weight excluding hydrogens is 344 g/mol. The van der Waals surface area contributed by atoms with Crippen molar-refractivity contribution >= 4 is 33.4 Å². The summed E-state index contributed by atoms with van der Waals surface area (Å²) in [5, 5.41) is 2.64. The van der Waals surface area contributed by atoms with E-state index in [0.717, 1.165) is 16.5 Å². The predicted molar refractivity (Wildman–Crippen MR) is 88.3 cm³/mol. The van der Waals surface area contributed by atoms with Crippen LogP contribution >= 0.6 is 15.9 Å². The van der Waals surface area contributed by atoms with Gasteiger partial charge in [-0.2, -0.15) is 0 Å². The number of carbonyl (C=O) groups excluding carboxylic acids is 2. The van der Waals surface area contributed by atoms with Gasteiger partial charge in [-0.25, -0.2) is 0 Å². The Balaban J connectivity index is 1.67. The van der Waals surface area contributed by atoms with Crippen LogP contribution in [0.2, 0.25) is 0 Å². The minimum absolute atomic E-state index is 0.488. The van der Waals surface area contributed by atoms with E-state index < -0.39 is 11.8 Å². The lowest BCUT2D eigenvalue weighted by Gasteiger charge is -2.28. The third kappa shape index (κ3) is 3.20. The normalized spacial score (nSPS) is 13.4. The molecule has 0 spiro atoms. The van der Waals surface area contributed by atoms with E-state index in [-0.39, 0.29) is 0 Å². The molecule has 0 saturated heterocycles. The molecule has 3 rings (SSSR count). The van der Waals surface area contributed by atoms with Crippen molar-refractivity contribution in [3.63, 3.8) is 0 Å². The first-order valence-corrected chi connectivity index (χ1v) is 7.85. The number of rotatable bonds is 1. The first kappa shape index (κ1) is 14.8. The van der Waals surface area contributed by atoms with E-state index in [4.69, 9.17) is 0 Å². The molecule has 0 saturated carbocycles. The number of hydrogen-bond acceptors (Lipinski definition) is 2. The highest BCUT2D eigenvalue weighted by atomic mass is 79.9. The zero-order chi connectivity index (χ0) is 15.5. The lowest BCUT2D eigenvalue weighted by molar-refractivity contribution is -0.143. The summed E-state index contributed by atoms with van der Waals surface area (Å²) in [7, 11) is 0. The number of anilines is 1. The van der Waals surface area contributed by atoms with Crippen LogP contribution in [0.1, 0.15) is 11.1 Å². The van der Waals surface area contributed by atoms with Gasteiger partial charge in [0.2, 0.25) is 0 Å². The minimum atomic E-state index is -0.596. The summed E-state index contributed by atoms with van der Waals surface area (Å²) in [4.78, 5) is 26.0. The number of carbonyl (C=O) groups is 2. The van der Waals surface area contributed by atoms with Crippen LogP contribution in [-0.2, 0) is 22.6 Å². The number of nitrogens with zero attached hydrogens (tertiary/aromatic N) is 1. The Hall–Kier alpha value is -2.14. The molecule has 22 heavy (non-hydrogen) atoms. The lowest BCUT2D eigenvalue weighted by Crippen LogP contribution is -2.42. The third-order valence-corrected chi connectivity index (χ3v) is 4.24. The number of benzene rings is 2. The van der Waals surface area contributed by atoms with Crippen LogP contribution in [0.4, 0.5) is 5.69 Å². The van der Waals surface area contributed by atoms with Crippen molar-refractivity contribution in [1.82, 2.24) is 4.90 Å². The molecule has 112 valence electrons. The summed E-state index contributed by atoms with van der Waals surface area (Å²) in [5.41, 5.74) is 2.97. The number of halogens is 1. The van der Waals surface area contributed by atoms with Crippen LogP contribution in [0.5, 0.6) is 0 Å². The van der Waals surface area contributed by atoms with E-state index in [2.05, 4.69) is 27.3 Å². The van der Waals surface area contributed by atoms with Gasteiger partial charge in [-0.1, -0.05) is 40.2 Å². The van der Waals surface area contributed by atoms with Crippen molar-refractivity contribution in [3.05, 3.63) is 64.1 Å². The Morgan fingerprint density at radius 3 is 2.41 bits per heavy atom. The topological polar surface area (TPSA) is 49.4 Å². The zero-order valence-electron chi connectivity index (χ0n) is 11.9. The SMILES string of the molecule is O=C(Nc1ccc(Br)cc1)C(=O)N1CCc2ccccc2C1. The maximum absolute atomic E-state index is 12.3. The maximum Gasteiger partial charge on any atom is 0.313 e. The van der Waals surface area contributed by atoms with Crippen LogP contribution in [-0.4, -0.2) is 23.3 Å². The second-order valence-corrected chi connectivity index (χ2v) is 6.12. The zero-order valence-corrected chi connectivity index (χ0v) is 13.5. The highest BCUT2D eigenvalue weighted by Gasteiger charge is 2.25. The standard InChI is InChI=1S/C17H15BrN2O2/c18-14-5-7-15(8-6-14)19-16(21)17(22)20-10-9-12-3-1-2-4-13(12)11-20/h1-8H,9-11H2,(H,19,21). The largest absolute Gasteiger partial charge is 0.330 e. The Morgan fingerprint density at radius 2 is 1.68 bits per heavy atom. The summed E-state index contributed by atoms with van der Waals surface area (Å²) in [6.07, 6.45) is 0.785. The number of fused-ring (bicyclic) bond motifs is 1. The summed E-state index contributed by atoms with van der Waals surface area (Å²) in [6, 6.07) is 15.2. The van der Waals surface area contributed by atoms with Crippen LogP contribution in [0.25, 0.3) is 0 Å². The molecule has 4 nitrogen and oxygen atoms in total. The van der Waals surface area contributed by atoms with Gasteiger partial charge >= 0.3 is 11.8 Å². The van der Waals surface area contributed by atoms with Crippen LogP contribution in [0, 0.1) is 0 Å². The molecule has 0 aromatic heterocycles. The fraction of sp³-hybridized carbons (Fsp3) is 0.176. The molecule has 2 aromatic carbocycles. The van der Waals surface area contributed by atoms with Gasteiger partial charge in [-0.3, -0.25) is 9.59 Å². The molecule has 0 radical (unpaired) electrons. The summed E-state index contributed by atoms with van der Waals surface area (Å²) >= 11 is 3.33. The Labute approximate surface area is 137 Å². The molecule has 1 N–H and O–H groups in total. The Bertz CT molecular complexity index is 713. The van der Waals surface area contributed by atoms with Crippen molar-refractivity contribution in [2.24, 2.45) is 0 Å². The van der Waals surface area contributed by atoms with Gasteiger partial charge in [0, 0.05) is 23.2 Å². The summed E-state index contributed by atoms with van der Waals surface area (Å²) in [5.74, 6) is -1.08. The molecule has 1 heterocycles. The quantitative estimate of drug-likeness (QED) is 0.796. The fourth-order valence-electron chi connectivity index (χ4n) is 2.53. The maximum atomic E-state index is 12.3. The molecular formula is C17H15BrN2O2. The first-order chi connectivity index (χ1) is 10.6. The molecule has 0 fully saturated rings. The minimum Gasteiger partial charge on any atom is -0.330 e. The van der Waals surface area contributed by atoms with Crippen LogP contribution in [0.3, 0.4) is 0 Å². The van der Waals surface area contributed by atoms with Gasteiger partial charge in [0.25, 0.3) is 0 Å². The molecule has 2 amide bonds. The number of nitrogens with one attached hydrogen (secondary N) is 1. The van der Waals surface area contributed by atoms with E-state index in [1.807, 2.05) is 30.3 Å². The van der Waals surface area contributed by atoms with Gasteiger partial charge in [0.05, 0.1) is 0 Å². The van der Waals surface area contributed by atoms with E-state index in [9.17, 15) is 9.59 Å². The van der Waals surface area contributed by atoms with Gasteiger partial charge in [-0.15, -0.1) is 0 Å². The van der Waals surface area contributed by atoms with Crippen molar-refractivity contribution in [3.8, 4) is 0 Å². The van der Waals surface area contributed by atoms with E-state index in [1.165, 1.54) is 5.56 Å². The average Bonchev–Trinajstić information content (AvgIpc) is 2.55. The van der Waals surface area contributed by atoms with Crippen molar-refractivity contribution in [2.75, 3.05) is 11.9 Å². The molecule has 2 aromatic rings. The molecule has 0 atom stereocenters. The summed E-state index contributed by atoms with van der Waals surface area (Å²) < 4.78 is 0.921. The van der Waals surface area contributed by atoms with Crippen molar-refractivity contribution in [1.29, 1.82) is 0 Å². The van der Waals surface area contributed by atoms with Gasteiger partial charge < -0.3 is 10.2 Å². The Morgan fingerprint density at radius 1 is 1.00 bits per heavy atom. The smallest absolute Gasteiger partial charge is 0.313 e. The molecule has 1 aliphatic heterocycles. The number of amides is 2. The van der Waals surface area contributed by atoms with Crippen molar-refractivity contribution in [2.45, 2.75) is 13.0 Å². The lowest BCUT2D eigenvalue weighted by atomic mass is 10.00. The molecule has 5 heteroatoms. The first-order valence-electron chi connectivity index (χ1n) is 7.06. The van der Waals surface area contributed by atoms with E-state index in [0.29, 0.717) is 18.8 Å². The summed E-state index contributed by atoms with van der Waals surface area (Å²) in [6.45, 7) is 1.06. The predicted octanol–water partition coefficient (Wildman–Crippen LogP) is 2.97. The fourth-order valence-corrected chi connectivity index (χ4v) is 2.79. The van der Waals surface area contributed by atoms with Gasteiger partial charge in [0.1, 0.15) is 0 Å². The highest BCUT2D eigenvalue weighted by molar-refractivity contribution is 9.10. The molecule has 1 aliphatic rings. The number of hydrogen-bond donors (Lipinski definition) is 1. The molecule has 0 aliphatic carbocycles. The van der Waals surface area contributed by atoms with Crippen LogP contribution < -0.4 is 5.32 Å².